The Morgan fingerprint density at radius 2 is 0.887 bits per heavy atom. The monoisotopic (exact) mass is 885 g/mol. The molecule has 0 saturated carbocycles. The van der Waals surface area contributed by atoms with Crippen LogP contribution in [-0.4, -0.2) is 144 Å². The summed E-state index contributed by atoms with van der Waals surface area (Å²) in [5.74, 6) is -6.52. The van der Waals surface area contributed by atoms with Crippen molar-refractivity contribution in [3.05, 3.63) is 0 Å². The van der Waals surface area contributed by atoms with Gasteiger partial charge in [-0.05, 0) is 142 Å². The predicted octanol–water partition coefficient (Wildman–Crippen LogP) is -2.68. The van der Waals surface area contributed by atoms with E-state index in [9.17, 15) is 43.5 Å². The average molecular weight is 885 g/mol. The molecule has 0 aromatic heterocycles. The molecule has 1 aliphatic heterocycles. The Bertz CT molecular complexity index is 1410. The zero-order chi connectivity index (χ0) is 46.5. The number of carboxylic acid groups (broad SMARTS) is 2. The summed E-state index contributed by atoms with van der Waals surface area (Å²) in [5, 5.41) is 31.9. The second kappa shape index (κ2) is 32.2. The number of nitrogens with one attached hydrogen (secondary N) is 5. The van der Waals surface area contributed by atoms with Crippen LogP contribution in [-0.2, 0) is 38.4 Å². The fourth-order valence-electron chi connectivity index (χ4n) is 7.07. The fraction of sp³-hybridized carbons (Fsp3) is 0.800. The van der Waals surface area contributed by atoms with Crippen molar-refractivity contribution in [2.24, 2.45) is 34.4 Å². The first-order valence-electron chi connectivity index (χ1n) is 22.2. The highest BCUT2D eigenvalue weighted by atomic mass is 16.4. The first kappa shape index (κ1) is 55.5. The topological polar surface area (TPSA) is 397 Å². The molecule has 1 rings (SSSR count). The number of aliphatic carboxylic acids is 2. The molecule has 0 aliphatic carbocycles. The summed E-state index contributed by atoms with van der Waals surface area (Å²) in [5.41, 5.74) is 34.5. The SMILES string of the molecule is NCCCC[C@H](NC(=O)[C@H](CCCCN)NC(=O)[C@H]1CCCN1C(=O)[C@H](CCCCN)NC(=O)[C@H](CCCCN)NC(=O)[C@@H](N)CCCCN)C(=O)N[C@@H](CCC(=O)O)C(=O)O. The van der Waals surface area contributed by atoms with E-state index in [0.717, 1.165) is 0 Å². The summed E-state index contributed by atoms with van der Waals surface area (Å²) in [6, 6.07) is -7.91. The number of hydrogen-bond acceptors (Lipinski definition) is 14. The van der Waals surface area contributed by atoms with Gasteiger partial charge < -0.3 is 76.1 Å². The number of hydrogen-bond donors (Lipinski definition) is 13. The van der Waals surface area contributed by atoms with Crippen LogP contribution in [0, 0.1) is 0 Å². The molecule has 19 N–H and O–H groups in total. The third-order valence-electron chi connectivity index (χ3n) is 10.7. The predicted molar refractivity (Wildman–Crippen MR) is 231 cm³/mol. The summed E-state index contributed by atoms with van der Waals surface area (Å²) in [7, 11) is 0. The standard InChI is InChI=1S/C40H76N12O10/c41-20-6-1-12-26(46)34(55)47-27(13-2-7-21-42)36(57)50-30(16-5-10-24-45)39(60)52-25-11-17-32(52)38(59)49-29(15-4-9-23-44)35(56)48-28(14-3-8-22-43)37(58)51-31(40(61)62)18-19-33(53)54/h26-32H,1-25,41-46H2,(H,47,55)(H,48,56)(H,49,59)(H,50,57)(H,51,58)(H,53,54)(H,61,62)/t26-,27-,28-,29-,30-,31-,32+/m0/s1. The molecule has 62 heavy (non-hydrogen) atoms. The number of carbonyl (C=O) groups is 8. The number of unbranched alkanes of at least 4 members (excludes halogenated alkanes) is 5. The quantitative estimate of drug-likeness (QED) is 0.0289. The van der Waals surface area contributed by atoms with Gasteiger partial charge in [0.1, 0.15) is 36.3 Å². The molecule has 1 heterocycles. The van der Waals surface area contributed by atoms with Crippen LogP contribution in [0.5, 0.6) is 0 Å². The van der Waals surface area contributed by atoms with Crippen LogP contribution >= 0.6 is 0 Å². The molecule has 1 fully saturated rings. The van der Waals surface area contributed by atoms with Gasteiger partial charge in [-0.3, -0.25) is 33.6 Å². The van der Waals surface area contributed by atoms with E-state index in [1.54, 1.807) is 0 Å². The molecule has 0 radical (unpaired) electrons. The Kier molecular flexibility index (Phi) is 28.9. The lowest BCUT2D eigenvalue weighted by atomic mass is 10.0. The first-order chi connectivity index (χ1) is 29.6. The van der Waals surface area contributed by atoms with Crippen LogP contribution < -0.4 is 61.0 Å². The van der Waals surface area contributed by atoms with Crippen molar-refractivity contribution in [1.29, 1.82) is 0 Å². The summed E-state index contributed by atoms with van der Waals surface area (Å²) in [4.78, 5) is 107. The molecule has 0 unspecified atom stereocenters. The van der Waals surface area contributed by atoms with Gasteiger partial charge in [0.2, 0.25) is 35.4 Å². The van der Waals surface area contributed by atoms with Gasteiger partial charge in [0, 0.05) is 13.0 Å². The molecule has 0 spiro atoms. The lowest BCUT2D eigenvalue weighted by molar-refractivity contribution is -0.143. The van der Waals surface area contributed by atoms with E-state index >= 15 is 0 Å². The van der Waals surface area contributed by atoms with E-state index in [2.05, 4.69) is 26.6 Å². The number of nitrogens with two attached hydrogens (primary N) is 6. The van der Waals surface area contributed by atoms with Gasteiger partial charge in [-0.2, -0.15) is 0 Å². The molecule has 1 aliphatic rings. The van der Waals surface area contributed by atoms with Gasteiger partial charge >= 0.3 is 11.9 Å². The van der Waals surface area contributed by atoms with Crippen LogP contribution in [0.2, 0.25) is 0 Å². The van der Waals surface area contributed by atoms with E-state index in [1.807, 2.05) is 0 Å². The lowest BCUT2D eigenvalue weighted by Gasteiger charge is -2.31. The van der Waals surface area contributed by atoms with Gasteiger partial charge in [0.25, 0.3) is 0 Å². The Hall–Kier alpha value is -4.48. The van der Waals surface area contributed by atoms with Crippen molar-refractivity contribution in [2.75, 3.05) is 39.3 Å². The van der Waals surface area contributed by atoms with Crippen molar-refractivity contribution in [3.8, 4) is 0 Å². The highest BCUT2D eigenvalue weighted by Crippen LogP contribution is 2.21. The smallest absolute Gasteiger partial charge is 0.326 e. The summed E-state index contributed by atoms with van der Waals surface area (Å²) in [6.45, 7) is 1.97. The van der Waals surface area contributed by atoms with Gasteiger partial charge in [-0.15, -0.1) is 0 Å². The first-order valence-corrected chi connectivity index (χ1v) is 22.2. The van der Waals surface area contributed by atoms with E-state index in [1.165, 1.54) is 4.90 Å². The van der Waals surface area contributed by atoms with E-state index in [-0.39, 0.29) is 45.1 Å². The molecule has 1 saturated heterocycles. The van der Waals surface area contributed by atoms with Crippen LogP contribution in [0.15, 0.2) is 0 Å². The molecule has 356 valence electrons. The molecule has 6 amide bonds. The Morgan fingerprint density at radius 3 is 1.32 bits per heavy atom. The maximum atomic E-state index is 14.3. The average Bonchev–Trinajstić information content (AvgIpc) is 3.73. The number of amides is 6. The van der Waals surface area contributed by atoms with Crippen molar-refractivity contribution < 1.29 is 48.6 Å². The number of carboxylic acids is 2. The molecule has 22 heteroatoms. The van der Waals surface area contributed by atoms with E-state index in [4.69, 9.17) is 39.5 Å². The summed E-state index contributed by atoms with van der Waals surface area (Å²) < 4.78 is 0. The van der Waals surface area contributed by atoms with Crippen LogP contribution in [0.25, 0.3) is 0 Å². The van der Waals surface area contributed by atoms with Crippen molar-refractivity contribution >= 4 is 47.4 Å². The molecule has 7 atom stereocenters. The molecule has 0 aromatic carbocycles. The summed E-state index contributed by atoms with van der Waals surface area (Å²) >= 11 is 0. The van der Waals surface area contributed by atoms with Crippen molar-refractivity contribution in [3.63, 3.8) is 0 Å². The summed E-state index contributed by atoms with van der Waals surface area (Å²) in [6.07, 6.45) is 6.10. The third kappa shape index (κ3) is 21.5. The Morgan fingerprint density at radius 1 is 0.500 bits per heavy atom. The minimum atomic E-state index is -1.53. The maximum absolute atomic E-state index is 14.3. The second-order valence-corrected chi connectivity index (χ2v) is 15.8. The maximum Gasteiger partial charge on any atom is 0.326 e. The van der Waals surface area contributed by atoms with E-state index < -0.39 is 96.1 Å². The third-order valence-corrected chi connectivity index (χ3v) is 10.7. The zero-order valence-corrected chi connectivity index (χ0v) is 36.3. The van der Waals surface area contributed by atoms with Crippen molar-refractivity contribution in [2.45, 2.75) is 164 Å². The van der Waals surface area contributed by atoms with Crippen molar-refractivity contribution in [1.82, 2.24) is 31.5 Å². The van der Waals surface area contributed by atoms with Gasteiger partial charge in [-0.25, -0.2) is 4.79 Å². The Balaban J connectivity index is 3.32. The normalized spacial score (nSPS) is 16.5. The zero-order valence-electron chi connectivity index (χ0n) is 36.3. The highest BCUT2D eigenvalue weighted by Gasteiger charge is 2.40. The highest BCUT2D eigenvalue weighted by molar-refractivity contribution is 5.97. The van der Waals surface area contributed by atoms with Gasteiger partial charge in [0.15, 0.2) is 0 Å². The molecular weight excluding hydrogens is 809 g/mol. The van der Waals surface area contributed by atoms with E-state index in [0.29, 0.717) is 110 Å². The molecule has 22 nitrogen and oxygen atoms in total. The van der Waals surface area contributed by atoms with Gasteiger partial charge in [0.05, 0.1) is 6.04 Å². The number of likely N-dealkylation sites (tertiary alicyclic amines) is 1. The fourth-order valence-corrected chi connectivity index (χ4v) is 7.07. The number of rotatable bonds is 35. The lowest BCUT2D eigenvalue weighted by Crippen LogP contribution is -2.59. The van der Waals surface area contributed by atoms with Crippen LogP contribution in [0.3, 0.4) is 0 Å². The van der Waals surface area contributed by atoms with Gasteiger partial charge in [-0.1, -0.05) is 6.42 Å². The molecule has 0 bridgehead atoms. The van der Waals surface area contributed by atoms with Crippen LogP contribution in [0.4, 0.5) is 0 Å². The minimum absolute atomic E-state index is 0.0742. The number of carbonyl (C=O) groups excluding carboxylic acids is 6. The Labute approximate surface area is 364 Å². The number of nitrogens with zero attached hydrogens (tertiary/aromatic N) is 1. The molecular formula is C40H76N12O10. The second-order valence-electron chi connectivity index (χ2n) is 15.8. The van der Waals surface area contributed by atoms with Crippen LogP contribution in [0.1, 0.15) is 122 Å². The molecule has 0 aromatic rings. The largest absolute Gasteiger partial charge is 0.481 e. The minimum Gasteiger partial charge on any atom is -0.481 e.